The summed E-state index contributed by atoms with van der Waals surface area (Å²) < 4.78 is 43.1. The number of sulfonamides is 1. The Morgan fingerprint density at radius 2 is 2.00 bits per heavy atom. The van der Waals surface area contributed by atoms with Crippen molar-refractivity contribution in [1.29, 1.82) is 0 Å². The number of hydrogen-bond donors (Lipinski definition) is 1. The van der Waals surface area contributed by atoms with Crippen LogP contribution in [0.15, 0.2) is 23.6 Å². The number of halogens is 3. The molecule has 4 rings (SSSR count). The van der Waals surface area contributed by atoms with E-state index in [9.17, 15) is 17.6 Å². The Kier molecular flexibility index (Phi) is 6.74. The number of benzene rings is 1. The number of rotatable bonds is 6. The highest BCUT2D eigenvalue weighted by Gasteiger charge is 2.44. The highest BCUT2D eigenvalue weighted by molar-refractivity contribution is 7.89. The molecule has 2 fully saturated rings. The fourth-order valence-electron chi connectivity index (χ4n) is 4.85. The van der Waals surface area contributed by atoms with E-state index in [1.165, 1.54) is 27.4 Å². The Bertz CT molecular complexity index is 1170. The fraction of sp³-hybridized carbons (Fsp3) is 0.571. The van der Waals surface area contributed by atoms with Gasteiger partial charge in [0, 0.05) is 25.7 Å². The molecule has 1 saturated carbocycles. The van der Waals surface area contributed by atoms with Crippen molar-refractivity contribution in [3.05, 3.63) is 39.9 Å². The molecule has 0 unspecified atom stereocenters. The number of nitrogens with zero attached hydrogens (tertiary/aromatic N) is 4. The van der Waals surface area contributed by atoms with Gasteiger partial charge in [-0.3, -0.25) is 9.48 Å². The van der Waals surface area contributed by atoms with Crippen LogP contribution in [0.5, 0.6) is 0 Å². The molecule has 1 amide bonds. The van der Waals surface area contributed by atoms with E-state index in [4.69, 9.17) is 23.2 Å². The van der Waals surface area contributed by atoms with Crippen LogP contribution >= 0.6 is 23.2 Å². The number of nitrogens with one attached hydrogen (secondary N) is 1. The van der Waals surface area contributed by atoms with Crippen molar-refractivity contribution in [1.82, 2.24) is 24.4 Å². The van der Waals surface area contributed by atoms with Gasteiger partial charge in [-0.2, -0.15) is 4.31 Å². The molecule has 1 saturated heterocycles. The molecule has 0 spiro atoms. The number of aromatic nitrogens is 3. The SMILES string of the molecule is Cn1cnc(S(=O)(=O)N2CC[C@H](C(=O)N[C@H](c3c(F)ccc(Cl)c3Cl)C3(C)CCCC3)C2)n1. The van der Waals surface area contributed by atoms with Gasteiger partial charge in [-0.1, -0.05) is 43.0 Å². The average Bonchev–Trinajstić information content (AvgIpc) is 3.51. The van der Waals surface area contributed by atoms with Crippen molar-refractivity contribution < 1.29 is 17.6 Å². The number of hydrogen-bond acceptors (Lipinski definition) is 5. The third kappa shape index (κ3) is 4.62. The summed E-state index contributed by atoms with van der Waals surface area (Å²) >= 11 is 12.6. The minimum atomic E-state index is -3.90. The quantitative estimate of drug-likeness (QED) is 0.589. The maximum atomic E-state index is 14.9. The molecule has 2 heterocycles. The van der Waals surface area contributed by atoms with Crippen LogP contribution in [0.25, 0.3) is 0 Å². The summed E-state index contributed by atoms with van der Waals surface area (Å²) in [6.07, 6.45) is 5.19. The van der Waals surface area contributed by atoms with E-state index in [1.54, 1.807) is 7.05 Å². The van der Waals surface area contributed by atoms with Crippen molar-refractivity contribution >= 4 is 39.1 Å². The van der Waals surface area contributed by atoms with Crippen LogP contribution in [-0.4, -0.2) is 46.5 Å². The van der Waals surface area contributed by atoms with Crippen LogP contribution < -0.4 is 5.32 Å². The van der Waals surface area contributed by atoms with Gasteiger partial charge in [-0.15, -0.1) is 5.10 Å². The van der Waals surface area contributed by atoms with Gasteiger partial charge < -0.3 is 5.32 Å². The van der Waals surface area contributed by atoms with Crippen LogP contribution in [0.4, 0.5) is 4.39 Å². The van der Waals surface area contributed by atoms with E-state index in [2.05, 4.69) is 15.4 Å². The van der Waals surface area contributed by atoms with Gasteiger partial charge in [0.25, 0.3) is 15.2 Å². The predicted octanol–water partition coefficient (Wildman–Crippen LogP) is 3.71. The number of aryl methyl sites for hydroxylation is 1. The third-order valence-corrected chi connectivity index (χ3v) is 9.25. The first-order chi connectivity index (χ1) is 15.5. The molecule has 1 N–H and O–H groups in total. The lowest BCUT2D eigenvalue weighted by Crippen LogP contribution is -2.42. The van der Waals surface area contributed by atoms with E-state index < -0.39 is 33.2 Å². The van der Waals surface area contributed by atoms with Crippen LogP contribution in [0.1, 0.15) is 50.6 Å². The predicted molar refractivity (Wildman–Crippen MR) is 122 cm³/mol. The molecule has 12 heteroatoms. The molecule has 0 bridgehead atoms. The molecule has 1 aliphatic carbocycles. The third-order valence-electron chi connectivity index (χ3n) is 6.77. The van der Waals surface area contributed by atoms with Crippen molar-refractivity contribution in [3.8, 4) is 0 Å². The first-order valence-corrected chi connectivity index (χ1v) is 13.0. The summed E-state index contributed by atoms with van der Waals surface area (Å²) in [5.41, 5.74) is -0.213. The molecule has 1 aromatic carbocycles. The van der Waals surface area contributed by atoms with E-state index in [0.29, 0.717) is 6.42 Å². The molecule has 1 aliphatic heterocycles. The van der Waals surface area contributed by atoms with Crippen LogP contribution in [-0.2, 0) is 21.9 Å². The van der Waals surface area contributed by atoms with Gasteiger partial charge in [0.2, 0.25) is 5.91 Å². The van der Waals surface area contributed by atoms with Gasteiger partial charge in [-0.05, 0) is 36.8 Å². The normalized spacial score (nSPS) is 21.9. The van der Waals surface area contributed by atoms with Gasteiger partial charge >= 0.3 is 0 Å². The first-order valence-electron chi connectivity index (χ1n) is 10.8. The smallest absolute Gasteiger partial charge is 0.282 e. The Morgan fingerprint density at radius 3 is 2.64 bits per heavy atom. The molecule has 180 valence electrons. The summed E-state index contributed by atoms with van der Waals surface area (Å²) in [5, 5.41) is 6.90. The summed E-state index contributed by atoms with van der Waals surface area (Å²) in [6, 6.07) is 1.97. The Balaban J connectivity index is 1.57. The molecular weight excluding hydrogens is 492 g/mol. The van der Waals surface area contributed by atoms with Crippen molar-refractivity contribution in [2.75, 3.05) is 13.1 Å². The largest absolute Gasteiger partial charge is 0.348 e. The fourth-order valence-corrected chi connectivity index (χ4v) is 6.64. The Hall–Kier alpha value is -1.75. The Morgan fingerprint density at radius 1 is 1.30 bits per heavy atom. The van der Waals surface area contributed by atoms with Crippen LogP contribution in [0, 0.1) is 17.2 Å². The molecule has 0 radical (unpaired) electrons. The van der Waals surface area contributed by atoms with E-state index >= 15 is 0 Å². The zero-order valence-electron chi connectivity index (χ0n) is 18.4. The molecule has 2 atom stereocenters. The zero-order chi connectivity index (χ0) is 24.0. The molecule has 1 aromatic heterocycles. The highest BCUT2D eigenvalue weighted by Crippen LogP contribution is 2.50. The van der Waals surface area contributed by atoms with Gasteiger partial charge in [0.15, 0.2) is 0 Å². The van der Waals surface area contributed by atoms with Crippen LogP contribution in [0.3, 0.4) is 0 Å². The van der Waals surface area contributed by atoms with Crippen LogP contribution in [0.2, 0.25) is 10.0 Å². The lowest BCUT2D eigenvalue weighted by Gasteiger charge is -2.36. The maximum Gasteiger partial charge on any atom is 0.282 e. The maximum absolute atomic E-state index is 14.9. The van der Waals surface area contributed by atoms with Gasteiger partial charge in [0.05, 0.1) is 22.0 Å². The lowest BCUT2D eigenvalue weighted by molar-refractivity contribution is -0.126. The summed E-state index contributed by atoms with van der Waals surface area (Å²) in [6.45, 7) is 2.19. The van der Waals surface area contributed by atoms with E-state index in [1.807, 2.05) is 6.92 Å². The summed E-state index contributed by atoms with van der Waals surface area (Å²) in [7, 11) is -2.32. The molecule has 8 nitrogen and oxygen atoms in total. The monoisotopic (exact) mass is 517 g/mol. The van der Waals surface area contributed by atoms with Crippen molar-refractivity contribution in [2.45, 2.75) is 50.2 Å². The lowest BCUT2D eigenvalue weighted by atomic mass is 9.76. The molecular formula is C21H26Cl2FN5O3S. The minimum absolute atomic E-state index is 0.00160. The van der Waals surface area contributed by atoms with Crippen molar-refractivity contribution in [2.24, 2.45) is 18.4 Å². The van der Waals surface area contributed by atoms with E-state index in [0.717, 1.165) is 25.7 Å². The first kappa shape index (κ1) is 24.4. The second-order valence-electron chi connectivity index (χ2n) is 9.11. The van der Waals surface area contributed by atoms with Gasteiger partial charge in [-0.25, -0.2) is 17.8 Å². The van der Waals surface area contributed by atoms with Crippen molar-refractivity contribution in [3.63, 3.8) is 0 Å². The second-order valence-corrected chi connectivity index (χ2v) is 11.7. The average molecular weight is 518 g/mol. The topological polar surface area (TPSA) is 97.2 Å². The number of amides is 1. The summed E-state index contributed by atoms with van der Waals surface area (Å²) in [5.74, 6) is -1.45. The second kappa shape index (κ2) is 9.13. The number of carbonyl (C=O) groups excluding carboxylic acids is 1. The minimum Gasteiger partial charge on any atom is -0.348 e. The Labute approximate surface area is 202 Å². The molecule has 2 aromatic rings. The number of carbonyl (C=O) groups is 1. The standard InChI is InChI=1S/C21H26Cl2FN5O3S/c1-21(8-3-4-9-21)18(16-15(24)6-5-14(22)17(16)23)26-19(30)13-7-10-29(11-13)33(31,32)20-25-12-28(2)27-20/h5-6,12-13,18H,3-4,7-11H2,1-2H3,(H,26,30)/t13-,18+/m0/s1. The van der Waals surface area contributed by atoms with E-state index in [-0.39, 0.29) is 39.8 Å². The molecule has 2 aliphatic rings. The highest BCUT2D eigenvalue weighted by atomic mass is 35.5. The van der Waals surface area contributed by atoms with Gasteiger partial charge in [0.1, 0.15) is 12.1 Å². The zero-order valence-corrected chi connectivity index (χ0v) is 20.7. The molecule has 33 heavy (non-hydrogen) atoms. The summed E-state index contributed by atoms with van der Waals surface area (Å²) in [4.78, 5) is 17.1.